The van der Waals surface area contributed by atoms with Crippen LogP contribution in [0.2, 0.25) is 0 Å². The number of amides is 2. The van der Waals surface area contributed by atoms with Gasteiger partial charge in [0, 0.05) is 5.75 Å². The number of carboxylic acid groups (broad SMARTS) is 1. The normalized spacial score (nSPS) is 25.8. The predicted molar refractivity (Wildman–Crippen MR) is 67.5 cm³/mol. The van der Waals surface area contributed by atoms with Gasteiger partial charge in [-0.05, 0) is 5.57 Å². The van der Waals surface area contributed by atoms with Crippen molar-refractivity contribution >= 4 is 41.1 Å². The highest BCUT2D eigenvalue weighted by molar-refractivity contribution is 8.00. The van der Waals surface area contributed by atoms with Crippen molar-refractivity contribution < 1.29 is 24.6 Å². The van der Waals surface area contributed by atoms with Crippen molar-refractivity contribution in [2.75, 3.05) is 18.2 Å². The quantitative estimate of drug-likeness (QED) is 0.452. The standard InChI is InChI=1S/C10H11ClN2O5S/c11-1-5(15)12-6-8(16)13-7(10(17)18)4(2-14)3-19-9(6)13/h6,9,14H,1-3H2,(H,12,15)(H,17,18)/t6-,9-/m1/s1. The molecule has 7 nitrogen and oxygen atoms in total. The van der Waals surface area contributed by atoms with Crippen LogP contribution in [0.5, 0.6) is 0 Å². The number of hydrogen-bond donors (Lipinski definition) is 3. The number of nitrogens with zero attached hydrogens (tertiary/aromatic N) is 1. The summed E-state index contributed by atoms with van der Waals surface area (Å²) in [6.45, 7) is -0.413. The molecule has 0 aromatic carbocycles. The minimum atomic E-state index is -1.26. The van der Waals surface area contributed by atoms with Gasteiger partial charge in [-0.15, -0.1) is 23.4 Å². The minimum Gasteiger partial charge on any atom is -0.477 e. The van der Waals surface area contributed by atoms with E-state index in [1.165, 1.54) is 11.8 Å². The highest BCUT2D eigenvalue weighted by Gasteiger charge is 2.53. The number of carbonyl (C=O) groups is 3. The third kappa shape index (κ3) is 2.31. The molecular weight excluding hydrogens is 296 g/mol. The van der Waals surface area contributed by atoms with E-state index in [0.29, 0.717) is 11.3 Å². The van der Waals surface area contributed by atoms with Crippen molar-refractivity contribution in [3.05, 3.63) is 11.3 Å². The first-order valence-corrected chi connectivity index (χ1v) is 6.95. The maximum absolute atomic E-state index is 11.9. The average molecular weight is 307 g/mol. The van der Waals surface area contributed by atoms with Gasteiger partial charge in [-0.1, -0.05) is 0 Å². The molecule has 0 radical (unpaired) electrons. The molecule has 0 bridgehead atoms. The summed E-state index contributed by atoms with van der Waals surface area (Å²) in [5.74, 6) is -2.19. The van der Waals surface area contributed by atoms with Crippen molar-refractivity contribution in [2.45, 2.75) is 11.4 Å². The maximum atomic E-state index is 11.9. The fourth-order valence-electron chi connectivity index (χ4n) is 2.02. The summed E-state index contributed by atoms with van der Waals surface area (Å²) < 4.78 is 0. The lowest BCUT2D eigenvalue weighted by molar-refractivity contribution is -0.150. The van der Waals surface area contributed by atoms with Crippen LogP contribution in [-0.2, 0) is 14.4 Å². The number of hydrogen-bond acceptors (Lipinski definition) is 5. The number of nitrogens with one attached hydrogen (secondary N) is 1. The summed E-state index contributed by atoms with van der Waals surface area (Å²) in [5.41, 5.74) is 0.108. The molecule has 2 rings (SSSR count). The third-order valence-corrected chi connectivity index (χ3v) is 4.46. The number of thioether (sulfide) groups is 1. The number of carboxylic acids is 1. The molecule has 0 spiro atoms. The van der Waals surface area contributed by atoms with Crippen molar-refractivity contribution in [1.82, 2.24) is 10.2 Å². The number of alkyl halides is 1. The van der Waals surface area contributed by atoms with Crippen LogP contribution in [0.4, 0.5) is 0 Å². The van der Waals surface area contributed by atoms with Crippen molar-refractivity contribution in [3.8, 4) is 0 Å². The molecule has 2 aliphatic rings. The van der Waals surface area contributed by atoms with Gasteiger partial charge in [0.05, 0.1) is 6.61 Å². The van der Waals surface area contributed by atoms with Crippen LogP contribution in [0.3, 0.4) is 0 Å². The molecule has 0 unspecified atom stereocenters. The Kier molecular flexibility index (Phi) is 4.02. The number of rotatable bonds is 4. The Morgan fingerprint density at radius 2 is 2.21 bits per heavy atom. The second kappa shape index (κ2) is 5.40. The lowest BCUT2D eigenvalue weighted by Gasteiger charge is -2.49. The van der Waals surface area contributed by atoms with Crippen LogP contribution < -0.4 is 5.32 Å². The molecule has 104 valence electrons. The number of aliphatic hydroxyl groups is 1. The molecule has 1 fully saturated rings. The van der Waals surface area contributed by atoms with E-state index >= 15 is 0 Å². The Morgan fingerprint density at radius 1 is 1.53 bits per heavy atom. The molecule has 9 heteroatoms. The summed E-state index contributed by atoms with van der Waals surface area (Å²) in [6.07, 6.45) is 0. The highest BCUT2D eigenvalue weighted by Crippen LogP contribution is 2.40. The largest absolute Gasteiger partial charge is 0.477 e. The number of halogens is 1. The van der Waals surface area contributed by atoms with Gasteiger partial charge in [-0.25, -0.2) is 4.79 Å². The molecule has 2 heterocycles. The molecule has 3 N–H and O–H groups in total. The Bertz CT molecular complexity index is 481. The molecule has 1 saturated heterocycles. The third-order valence-electron chi connectivity index (χ3n) is 2.88. The molecule has 0 saturated carbocycles. The Morgan fingerprint density at radius 3 is 2.74 bits per heavy atom. The highest BCUT2D eigenvalue weighted by atomic mass is 35.5. The fraction of sp³-hybridized carbons (Fsp3) is 0.500. The molecule has 0 aromatic rings. The Balaban J connectivity index is 2.21. The van der Waals surface area contributed by atoms with Crippen LogP contribution >= 0.6 is 23.4 Å². The first kappa shape index (κ1) is 14.2. The van der Waals surface area contributed by atoms with Gasteiger partial charge < -0.3 is 15.5 Å². The second-order valence-corrected chi connectivity index (χ2v) is 5.38. The van der Waals surface area contributed by atoms with Crippen LogP contribution in [0, 0.1) is 0 Å². The summed E-state index contributed by atoms with van der Waals surface area (Å²) in [5, 5.41) is 20.2. The van der Waals surface area contributed by atoms with Gasteiger partial charge in [0.1, 0.15) is 23.0 Å². The summed E-state index contributed by atoms with van der Waals surface area (Å²) >= 11 is 6.64. The van der Waals surface area contributed by atoms with Crippen LogP contribution in [0.25, 0.3) is 0 Å². The Hall–Kier alpha value is -1.25. The van der Waals surface area contributed by atoms with E-state index in [1.807, 2.05) is 0 Å². The van der Waals surface area contributed by atoms with E-state index in [4.69, 9.17) is 21.8 Å². The monoisotopic (exact) mass is 306 g/mol. The molecule has 2 atom stereocenters. The van der Waals surface area contributed by atoms with E-state index in [1.54, 1.807) is 0 Å². The summed E-state index contributed by atoms with van der Waals surface area (Å²) in [4.78, 5) is 35.3. The Labute approximate surface area is 117 Å². The van der Waals surface area contributed by atoms with Crippen LogP contribution in [-0.4, -0.2) is 62.6 Å². The molecule has 0 aliphatic carbocycles. The molecule has 2 amide bonds. The summed E-state index contributed by atoms with van der Waals surface area (Å²) in [6, 6.07) is -0.758. The van der Waals surface area contributed by atoms with Crippen LogP contribution in [0.1, 0.15) is 0 Å². The molecule has 2 aliphatic heterocycles. The van der Waals surface area contributed by atoms with E-state index in [2.05, 4.69) is 5.32 Å². The zero-order chi connectivity index (χ0) is 14.2. The molecule has 19 heavy (non-hydrogen) atoms. The van der Waals surface area contributed by atoms with Gasteiger partial charge in [0.15, 0.2) is 0 Å². The lowest BCUT2D eigenvalue weighted by atomic mass is 10.0. The predicted octanol–water partition coefficient (Wildman–Crippen LogP) is -1.04. The van der Waals surface area contributed by atoms with E-state index in [9.17, 15) is 14.4 Å². The number of aliphatic carboxylic acids is 1. The lowest BCUT2D eigenvalue weighted by Crippen LogP contribution is -2.70. The topological polar surface area (TPSA) is 107 Å². The van der Waals surface area contributed by atoms with E-state index in [-0.39, 0.29) is 11.6 Å². The number of β-lactam (4-membered cyclic amide) rings is 1. The zero-order valence-corrected chi connectivity index (χ0v) is 11.2. The first-order valence-electron chi connectivity index (χ1n) is 5.37. The van der Waals surface area contributed by atoms with Crippen molar-refractivity contribution in [3.63, 3.8) is 0 Å². The number of carbonyl (C=O) groups excluding carboxylic acids is 2. The second-order valence-electron chi connectivity index (χ2n) is 4.00. The average Bonchev–Trinajstić information content (AvgIpc) is 2.42. The first-order chi connectivity index (χ1) is 9.01. The maximum Gasteiger partial charge on any atom is 0.352 e. The van der Waals surface area contributed by atoms with Gasteiger partial charge in [-0.3, -0.25) is 14.5 Å². The zero-order valence-electron chi connectivity index (χ0n) is 9.63. The molecular formula is C10H11ClN2O5S. The van der Waals surface area contributed by atoms with Crippen LogP contribution in [0.15, 0.2) is 11.3 Å². The smallest absolute Gasteiger partial charge is 0.352 e. The molecule has 0 aromatic heterocycles. The minimum absolute atomic E-state index is 0.187. The summed E-state index contributed by atoms with van der Waals surface area (Å²) in [7, 11) is 0. The fourth-order valence-corrected chi connectivity index (χ4v) is 3.43. The van der Waals surface area contributed by atoms with Gasteiger partial charge >= 0.3 is 5.97 Å². The van der Waals surface area contributed by atoms with Gasteiger partial charge in [0.2, 0.25) is 5.91 Å². The van der Waals surface area contributed by atoms with Gasteiger partial charge in [-0.2, -0.15) is 0 Å². The van der Waals surface area contributed by atoms with Crippen molar-refractivity contribution in [1.29, 1.82) is 0 Å². The number of fused-ring (bicyclic) bond motifs is 1. The van der Waals surface area contributed by atoms with Crippen molar-refractivity contribution in [2.24, 2.45) is 0 Å². The van der Waals surface area contributed by atoms with E-state index < -0.39 is 35.8 Å². The number of aliphatic hydroxyl groups excluding tert-OH is 1. The SMILES string of the molecule is O=C(CCl)N[C@@H]1C(=O)N2C(C(=O)O)=C(CO)CS[C@H]12. The van der Waals surface area contributed by atoms with E-state index in [0.717, 1.165) is 4.90 Å². The van der Waals surface area contributed by atoms with Gasteiger partial charge in [0.25, 0.3) is 5.91 Å².